The molecule has 0 aromatic heterocycles. The van der Waals surface area contributed by atoms with Crippen molar-refractivity contribution in [2.75, 3.05) is 0 Å². The number of carbonyl (C=O) groups is 2. The van der Waals surface area contributed by atoms with Crippen molar-refractivity contribution in [2.45, 2.75) is 12.4 Å². The van der Waals surface area contributed by atoms with Gasteiger partial charge in [0.25, 0.3) is 11.4 Å². The van der Waals surface area contributed by atoms with Crippen molar-refractivity contribution in [2.24, 2.45) is 0 Å². The van der Waals surface area contributed by atoms with Gasteiger partial charge in [-0.2, -0.15) is 26.3 Å². The van der Waals surface area contributed by atoms with Crippen molar-refractivity contribution in [3.8, 4) is 23.0 Å². The molecule has 0 saturated carbocycles. The number of benzene rings is 4. The molecule has 4 rings (SSSR count). The first-order valence-corrected chi connectivity index (χ1v) is 12.7. The summed E-state index contributed by atoms with van der Waals surface area (Å²) in [6, 6.07) is 9.41. The third-order valence-corrected chi connectivity index (χ3v) is 6.06. The van der Waals surface area contributed by atoms with E-state index >= 15 is 0 Å². The minimum atomic E-state index is -4.73. The lowest BCUT2D eigenvalue weighted by atomic mass is 10.1. The first-order valence-electron chi connectivity index (χ1n) is 12.3. The van der Waals surface area contributed by atoms with E-state index in [0.717, 1.165) is 54.6 Å². The monoisotopic (exact) mass is 706 g/mol. The summed E-state index contributed by atoms with van der Waals surface area (Å²) >= 11 is 5.72. The molecule has 12 nitrogen and oxygen atoms in total. The Kier molecular flexibility index (Phi) is 10.8. The summed E-state index contributed by atoms with van der Waals surface area (Å²) < 4.78 is 98.9. The molecule has 0 aliphatic carbocycles. The van der Waals surface area contributed by atoms with E-state index in [9.17, 15) is 60.6 Å². The molecule has 0 atom stereocenters. The number of alkyl halides is 6. The molecule has 0 radical (unpaired) electrons. The SMILES string of the molecule is O=C(O)c1cc(Oc2ccc(C(F)(F)F)cc2Cl)ccc1[N+](=O)[O-].O=C(O)c1cc(Oc2ccc(C(F)(F)F)cc2F)ccc1[N+](=O)[O-]. The molecular weight excluding hydrogens is 693 g/mol. The summed E-state index contributed by atoms with van der Waals surface area (Å²) in [4.78, 5) is 41.7. The molecule has 4 aromatic carbocycles. The van der Waals surface area contributed by atoms with Gasteiger partial charge in [0.05, 0.1) is 26.0 Å². The zero-order chi connectivity index (χ0) is 36.1. The van der Waals surface area contributed by atoms with E-state index in [0.29, 0.717) is 12.1 Å². The Morgan fingerprint density at radius 1 is 0.646 bits per heavy atom. The van der Waals surface area contributed by atoms with Gasteiger partial charge in [-0.25, -0.2) is 14.0 Å². The number of nitro benzene ring substituents is 2. The highest BCUT2D eigenvalue weighted by atomic mass is 35.5. The maximum Gasteiger partial charge on any atom is 0.416 e. The van der Waals surface area contributed by atoms with E-state index in [1.807, 2.05) is 0 Å². The number of nitrogens with zero attached hydrogens (tertiary/aromatic N) is 2. The second kappa shape index (κ2) is 14.2. The average molecular weight is 707 g/mol. The third kappa shape index (κ3) is 9.06. The lowest BCUT2D eigenvalue weighted by Crippen LogP contribution is -2.05. The van der Waals surface area contributed by atoms with Gasteiger partial charge in [0.1, 0.15) is 28.4 Å². The Morgan fingerprint density at radius 3 is 1.40 bits per heavy atom. The fraction of sp³-hybridized carbons (Fsp3) is 0.0714. The minimum Gasteiger partial charge on any atom is -0.477 e. The van der Waals surface area contributed by atoms with Gasteiger partial charge in [0.15, 0.2) is 11.6 Å². The highest BCUT2D eigenvalue weighted by Gasteiger charge is 2.32. The number of halogens is 8. The van der Waals surface area contributed by atoms with E-state index in [4.69, 9.17) is 31.3 Å². The minimum absolute atomic E-state index is 0.125. The van der Waals surface area contributed by atoms with Crippen LogP contribution in [0.5, 0.6) is 23.0 Å². The number of ether oxygens (including phenoxy) is 2. The van der Waals surface area contributed by atoms with Gasteiger partial charge in [0, 0.05) is 24.3 Å². The predicted octanol–water partition coefficient (Wildman–Crippen LogP) is 9.00. The van der Waals surface area contributed by atoms with Crippen molar-refractivity contribution >= 4 is 34.9 Å². The normalized spacial score (nSPS) is 11.2. The standard InChI is InChI=1S/C14H7ClF3NO5.C14H7F4NO5/c2*15-10-5-7(14(16,17)18)1-4-12(10)24-8-2-3-11(19(22)23)9(6-8)13(20)21/h2*1-6H,(H,20,21). The highest BCUT2D eigenvalue weighted by Crippen LogP contribution is 2.38. The maximum atomic E-state index is 13.7. The second-order valence-corrected chi connectivity index (χ2v) is 9.38. The quantitative estimate of drug-likeness (QED) is 0.102. The van der Waals surface area contributed by atoms with Crippen LogP contribution in [0.15, 0.2) is 72.8 Å². The number of aromatic carboxylic acids is 2. The van der Waals surface area contributed by atoms with Crippen LogP contribution < -0.4 is 9.47 Å². The summed E-state index contributed by atoms with van der Waals surface area (Å²) in [6.45, 7) is 0. The molecule has 0 aliphatic rings. The Bertz CT molecular complexity index is 1780. The molecule has 252 valence electrons. The molecule has 0 spiro atoms. The van der Waals surface area contributed by atoms with Crippen LogP contribution in [-0.4, -0.2) is 32.0 Å². The number of carboxylic acids is 2. The van der Waals surface area contributed by atoms with E-state index in [1.54, 1.807) is 0 Å². The average Bonchev–Trinajstić information content (AvgIpc) is 2.98. The molecule has 48 heavy (non-hydrogen) atoms. The summed E-state index contributed by atoms with van der Waals surface area (Å²) in [5, 5.41) is 39.0. The van der Waals surface area contributed by atoms with Crippen LogP contribution in [0.2, 0.25) is 5.02 Å². The summed E-state index contributed by atoms with van der Waals surface area (Å²) in [5.74, 6) is -5.63. The molecule has 0 bridgehead atoms. The van der Waals surface area contributed by atoms with Gasteiger partial charge < -0.3 is 19.7 Å². The Morgan fingerprint density at radius 2 is 1.04 bits per heavy atom. The molecule has 0 unspecified atom stereocenters. The van der Waals surface area contributed by atoms with E-state index in [1.165, 1.54) is 0 Å². The second-order valence-electron chi connectivity index (χ2n) is 8.97. The number of nitro groups is 2. The summed E-state index contributed by atoms with van der Waals surface area (Å²) in [6.07, 6.45) is -9.31. The number of hydrogen-bond acceptors (Lipinski definition) is 8. The van der Waals surface area contributed by atoms with Crippen LogP contribution >= 0.6 is 11.6 Å². The van der Waals surface area contributed by atoms with Crippen LogP contribution in [0, 0.1) is 26.0 Å². The van der Waals surface area contributed by atoms with Crippen LogP contribution in [0.1, 0.15) is 31.8 Å². The molecule has 0 heterocycles. The summed E-state index contributed by atoms with van der Waals surface area (Å²) in [7, 11) is 0. The topological polar surface area (TPSA) is 179 Å². The largest absolute Gasteiger partial charge is 0.477 e. The molecule has 0 amide bonds. The first-order chi connectivity index (χ1) is 22.2. The maximum absolute atomic E-state index is 13.7. The van der Waals surface area contributed by atoms with Gasteiger partial charge in [0.2, 0.25) is 0 Å². The van der Waals surface area contributed by atoms with Crippen LogP contribution in [-0.2, 0) is 12.4 Å². The molecule has 0 aliphatic heterocycles. The number of hydrogen-bond donors (Lipinski definition) is 2. The van der Waals surface area contributed by atoms with Gasteiger partial charge in [-0.1, -0.05) is 11.6 Å². The zero-order valence-electron chi connectivity index (χ0n) is 23.0. The molecule has 0 saturated heterocycles. The zero-order valence-corrected chi connectivity index (χ0v) is 23.8. The Labute approximate surface area is 266 Å². The Balaban J connectivity index is 0.000000260. The van der Waals surface area contributed by atoms with Gasteiger partial charge in [-0.05, 0) is 48.5 Å². The van der Waals surface area contributed by atoms with Crippen molar-refractivity contribution in [3.63, 3.8) is 0 Å². The van der Waals surface area contributed by atoms with Crippen molar-refractivity contribution in [1.29, 1.82) is 0 Å². The molecule has 4 aromatic rings. The van der Waals surface area contributed by atoms with E-state index in [-0.39, 0.29) is 28.3 Å². The highest BCUT2D eigenvalue weighted by molar-refractivity contribution is 6.32. The molecule has 20 heteroatoms. The van der Waals surface area contributed by atoms with Crippen molar-refractivity contribution in [1.82, 2.24) is 0 Å². The fourth-order valence-electron chi connectivity index (χ4n) is 3.59. The van der Waals surface area contributed by atoms with Crippen LogP contribution in [0.4, 0.5) is 42.1 Å². The molecule has 2 N–H and O–H groups in total. The molecule has 0 fully saturated rings. The van der Waals surface area contributed by atoms with Gasteiger partial charge in [-0.15, -0.1) is 0 Å². The van der Waals surface area contributed by atoms with Crippen LogP contribution in [0.3, 0.4) is 0 Å². The smallest absolute Gasteiger partial charge is 0.416 e. The van der Waals surface area contributed by atoms with Crippen LogP contribution in [0.25, 0.3) is 0 Å². The third-order valence-electron chi connectivity index (χ3n) is 5.76. The summed E-state index contributed by atoms with van der Waals surface area (Å²) in [5.41, 5.74) is -4.88. The van der Waals surface area contributed by atoms with Crippen molar-refractivity contribution in [3.05, 3.63) is 126 Å². The fourth-order valence-corrected chi connectivity index (χ4v) is 3.81. The van der Waals surface area contributed by atoms with E-state index in [2.05, 4.69) is 0 Å². The first kappa shape index (κ1) is 36.5. The number of carboxylic acid groups (broad SMARTS) is 2. The van der Waals surface area contributed by atoms with Gasteiger partial charge in [-0.3, -0.25) is 20.2 Å². The molecular formula is C28H14ClF7N2O10. The predicted molar refractivity (Wildman–Crippen MR) is 148 cm³/mol. The lowest BCUT2D eigenvalue weighted by molar-refractivity contribution is -0.385. The lowest BCUT2D eigenvalue weighted by Gasteiger charge is -2.11. The van der Waals surface area contributed by atoms with Crippen molar-refractivity contribution < 1.29 is 69.9 Å². The number of rotatable bonds is 8. The van der Waals surface area contributed by atoms with E-state index < -0.39 is 79.3 Å². The van der Waals surface area contributed by atoms with Gasteiger partial charge >= 0.3 is 24.3 Å². The Hall–Kier alpha value is -5.98.